The molecule has 1 rings (SSSR count). The van der Waals surface area contributed by atoms with Crippen LogP contribution >= 0.6 is 9.16 Å². The zero-order valence-electron chi connectivity index (χ0n) is 17.9. The Balaban J connectivity index is 2.56. The fraction of sp³-hybridized carbons (Fsp3) is 0.500. The molecule has 0 radical (unpaired) electrons. The lowest BCUT2D eigenvalue weighted by molar-refractivity contribution is 0.735. The summed E-state index contributed by atoms with van der Waals surface area (Å²) in [5, 5.41) is 14.4. The highest BCUT2D eigenvalue weighted by atomic mass is 32.3. The molecule has 5 heteroatoms. The number of rotatable bonds is 12. The first-order chi connectivity index (χ1) is 12.6. The molecule has 154 valence electrons. The normalized spacial score (nSPS) is 13.5. The lowest BCUT2D eigenvalue weighted by Crippen LogP contribution is -2.17. The van der Waals surface area contributed by atoms with Gasteiger partial charge in [0.25, 0.3) is 0 Å². The molecule has 0 amide bonds. The SMILES string of the molecule is C=Cc1cc(N)c(NC/C(C=N)=C/NCCCC[SH](C)(C)(C)C)c(CC)c1. The van der Waals surface area contributed by atoms with Gasteiger partial charge in [-0.3, -0.25) is 9.16 Å². The number of benzene rings is 1. The Morgan fingerprint density at radius 2 is 1.93 bits per heavy atom. The van der Waals surface area contributed by atoms with Crippen LogP contribution in [-0.4, -0.2) is 50.1 Å². The molecule has 0 saturated heterocycles. The van der Waals surface area contributed by atoms with Gasteiger partial charge >= 0.3 is 0 Å². The van der Waals surface area contributed by atoms with Crippen LogP contribution in [0.25, 0.3) is 6.08 Å². The summed E-state index contributed by atoms with van der Waals surface area (Å²) in [5.41, 5.74) is 11.0. The lowest BCUT2D eigenvalue weighted by atomic mass is 10.0. The van der Waals surface area contributed by atoms with E-state index in [9.17, 15) is 0 Å². The fourth-order valence-electron chi connectivity index (χ4n) is 2.87. The maximum atomic E-state index is 7.65. The zero-order valence-corrected chi connectivity index (χ0v) is 18.8. The molecule has 4 nitrogen and oxygen atoms in total. The number of hydrogen-bond acceptors (Lipinski definition) is 4. The maximum Gasteiger partial charge on any atom is 0.0609 e. The molecule has 0 saturated carbocycles. The molecule has 1 aromatic rings. The summed E-state index contributed by atoms with van der Waals surface area (Å²) in [5.74, 6) is 1.33. The summed E-state index contributed by atoms with van der Waals surface area (Å²) in [6, 6.07) is 4.04. The Morgan fingerprint density at radius 1 is 1.22 bits per heavy atom. The van der Waals surface area contributed by atoms with E-state index in [1.165, 1.54) is 24.0 Å². The maximum absolute atomic E-state index is 7.65. The van der Waals surface area contributed by atoms with E-state index in [-0.39, 0.29) is 0 Å². The van der Waals surface area contributed by atoms with Crippen LogP contribution in [0.1, 0.15) is 30.9 Å². The first-order valence-corrected chi connectivity index (χ1v) is 14.0. The summed E-state index contributed by atoms with van der Waals surface area (Å²) in [6.07, 6.45) is 18.2. The molecular weight excluding hydrogens is 352 g/mol. The second-order valence-corrected chi connectivity index (χ2v) is 17.6. The molecule has 0 heterocycles. The predicted molar refractivity (Wildman–Crippen MR) is 130 cm³/mol. The first-order valence-electron chi connectivity index (χ1n) is 9.77. The summed E-state index contributed by atoms with van der Waals surface area (Å²) < 4.78 is 0. The Bertz CT molecular complexity index is 674. The zero-order chi connectivity index (χ0) is 20.5. The van der Waals surface area contributed by atoms with Crippen LogP contribution in [0, 0.1) is 5.41 Å². The quantitative estimate of drug-likeness (QED) is 0.159. The van der Waals surface area contributed by atoms with Gasteiger partial charge in [-0.15, -0.1) is 0 Å². The van der Waals surface area contributed by atoms with Crippen molar-refractivity contribution in [3.8, 4) is 0 Å². The monoisotopic (exact) mass is 392 g/mol. The van der Waals surface area contributed by atoms with E-state index in [1.807, 2.05) is 18.3 Å². The van der Waals surface area contributed by atoms with Crippen LogP contribution in [0.4, 0.5) is 11.4 Å². The van der Waals surface area contributed by atoms with Crippen LogP contribution in [0.5, 0.6) is 0 Å². The van der Waals surface area contributed by atoms with Gasteiger partial charge in [0.05, 0.1) is 11.4 Å². The molecule has 0 aliphatic heterocycles. The number of nitrogens with one attached hydrogen (secondary N) is 3. The lowest BCUT2D eigenvalue weighted by Gasteiger charge is -2.47. The number of unbranched alkanes of at least 4 members (excludes halogenated alkanes) is 1. The minimum Gasteiger partial charge on any atom is -0.397 e. The van der Waals surface area contributed by atoms with Crippen molar-refractivity contribution in [3.63, 3.8) is 0 Å². The number of thiol groups is 1. The largest absolute Gasteiger partial charge is 0.397 e. The molecule has 0 unspecified atom stereocenters. The average Bonchev–Trinajstić information content (AvgIpc) is 2.59. The second-order valence-electron chi connectivity index (χ2n) is 9.25. The van der Waals surface area contributed by atoms with Crippen LogP contribution in [0.3, 0.4) is 0 Å². The highest BCUT2D eigenvalue weighted by molar-refractivity contribution is 8.47. The van der Waals surface area contributed by atoms with Gasteiger partial charge in [0.15, 0.2) is 0 Å². The number of aryl methyl sites for hydroxylation is 1. The summed E-state index contributed by atoms with van der Waals surface area (Å²) in [7, 11) is -1.38. The van der Waals surface area contributed by atoms with E-state index in [1.54, 1.807) is 0 Å². The summed E-state index contributed by atoms with van der Waals surface area (Å²) >= 11 is 0. The molecule has 0 bridgehead atoms. The number of nitrogens with two attached hydrogens (primary N) is 1. The van der Waals surface area contributed by atoms with E-state index >= 15 is 0 Å². The van der Waals surface area contributed by atoms with Crippen molar-refractivity contribution >= 4 is 32.8 Å². The van der Waals surface area contributed by atoms with Crippen LogP contribution in [-0.2, 0) is 6.42 Å². The smallest absolute Gasteiger partial charge is 0.0609 e. The molecule has 0 fully saturated rings. The third-order valence-electron chi connectivity index (χ3n) is 4.46. The molecule has 0 atom stereocenters. The van der Waals surface area contributed by atoms with Gasteiger partial charge in [0.1, 0.15) is 0 Å². The van der Waals surface area contributed by atoms with Crippen molar-refractivity contribution in [1.29, 1.82) is 5.41 Å². The van der Waals surface area contributed by atoms with E-state index < -0.39 is 9.16 Å². The molecule has 0 aromatic heterocycles. The van der Waals surface area contributed by atoms with Crippen molar-refractivity contribution in [3.05, 3.63) is 41.6 Å². The van der Waals surface area contributed by atoms with Gasteiger partial charge in [-0.2, -0.15) is 0 Å². The molecular formula is C22H40N4S. The van der Waals surface area contributed by atoms with Gasteiger partial charge in [0.2, 0.25) is 0 Å². The van der Waals surface area contributed by atoms with Gasteiger partial charge in [0, 0.05) is 31.1 Å². The molecule has 1 aromatic carbocycles. The molecule has 0 aliphatic carbocycles. The third kappa shape index (κ3) is 9.05. The van der Waals surface area contributed by atoms with Gasteiger partial charge in [-0.1, -0.05) is 19.6 Å². The molecule has 0 aliphatic rings. The van der Waals surface area contributed by atoms with Crippen molar-refractivity contribution in [2.75, 3.05) is 54.9 Å². The second kappa shape index (κ2) is 9.88. The molecule has 5 N–H and O–H groups in total. The minimum atomic E-state index is -1.38. The van der Waals surface area contributed by atoms with Gasteiger partial charge < -0.3 is 21.8 Å². The van der Waals surface area contributed by atoms with Crippen LogP contribution in [0.15, 0.2) is 30.5 Å². The predicted octanol–water partition coefficient (Wildman–Crippen LogP) is 4.38. The van der Waals surface area contributed by atoms with Crippen molar-refractivity contribution in [2.24, 2.45) is 0 Å². The average molecular weight is 393 g/mol. The minimum absolute atomic E-state index is 0.575. The first kappa shape index (κ1) is 23.2. The van der Waals surface area contributed by atoms with Crippen molar-refractivity contribution in [2.45, 2.75) is 26.2 Å². The van der Waals surface area contributed by atoms with Gasteiger partial charge in [-0.05, 0) is 73.3 Å². The Morgan fingerprint density at radius 3 is 2.48 bits per heavy atom. The fourth-order valence-corrected chi connectivity index (χ4v) is 4.36. The number of nitrogen functional groups attached to an aromatic ring is 1. The number of hydrogen-bond donors (Lipinski definition) is 5. The van der Waals surface area contributed by atoms with Crippen LogP contribution < -0.4 is 16.4 Å². The summed E-state index contributed by atoms with van der Waals surface area (Å²) in [4.78, 5) is 0. The Kier molecular flexibility index (Phi) is 8.48. The summed E-state index contributed by atoms with van der Waals surface area (Å²) in [6.45, 7) is 7.45. The Labute approximate surface area is 166 Å². The van der Waals surface area contributed by atoms with Gasteiger partial charge in [-0.25, -0.2) is 0 Å². The Hall–Kier alpha value is -1.88. The van der Waals surface area contributed by atoms with Crippen molar-refractivity contribution < 1.29 is 0 Å². The molecule has 27 heavy (non-hydrogen) atoms. The van der Waals surface area contributed by atoms with E-state index in [0.29, 0.717) is 6.54 Å². The highest BCUT2D eigenvalue weighted by Gasteiger charge is 2.17. The van der Waals surface area contributed by atoms with E-state index in [2.05, 4.69) is 55.2 Å². The highest BCUT2D eigenvalue weighted by Crippen LogP contribution is 2.55. The standard InChI is InChI=1S/C22H40N4S/c1-7-18-13-20(8-2)22(21(24)14-18)26-17-19(15-23)16-25-11-9-10-12-27(3,4,5)6/h7,13-16,23,25-27H,1,8-12,17,24H2,2-6H3/b19-16+,23-15?. The molecule has 0 spiro atoms. The third-order valence-corrected chi connectivity index (χ3v) is 6.56. The topological polar surface area (TPSA) is 73.9 Å². The van der Waals surface area contributed by atoms with E-state index in [4.69, 9.17) is 11.1 Å². The van der Waals surface area contributed by atoms with Crippen LogP contribution in [0.2, 0.25) is 0 Å². The number of anilines is 2. The van der Waals surface area contributed by atoms with E-state index in [0.717, 1.165) is 41.9 Å². The van der Waals surface area contributed by atoms with Crippen molar-refractivity contribution in [1.82, 2.24) is 5.32 Å².